The van der Waals surface area contributed by atoms with E-state index in [9.17, 15) is 0 Å². The molecule has 1 atom stereocenters. The van der Waals surface area contributed by atoms with E-state index in [1.807, 2.05) is 0 Å². The van der Waals surface area contributed by atoms with E-state index in [2.05, 4.69) is 24.3 Å². The highest BCUT2D eigenvalue weighted by Gasteiger charge is 2.36. The molecule has 3 aliphatic carbocycles. The molecular formula is C19H23O+. The molecule has 2 saturated carbocycles. The zero-order valence-corrected chi connectivity index (χ0v) is 12.2. The van der Waals surface area contributed by atoms with Gasteiger partial charge in [0.15, 0.2) is 0 Å². The number of ketones is 1. The molecule has 0 aromatic heterocycles. The molecular weight excluding hydrogens is 244 g/mol. The normalized spacial score (nSPS) is 29.2. The molecule has 0 radical (unpaired) electrons. The van der Waals surface area contributed by atoms with Crippen molar-refractivity contribution in [1.82, 2.24) is 0 Å². The third kappa shape index (κ3) is 2.24. The van der Waals surface area contributed by atoms with Crippen molar-refractivity contribution in [1.29, 1.82) is 0 Å². The molecule has 0 aromatic rings. The van der Waals surface area contributed by atoms with Gasteiger partial charge in [-0.3, -0.25) is 4.42 Å². The molecule has 1 heteroatoms. The summed E-state index contributed by atoms with van der Waals surface area (Å²) in [6.45, 7) is 0. The van der Waals surface area contributed by atoms with E-state index in [4.69, 9.17) is 4.42 Å². The fraction of sp³-hybridized carbons (Fsp3) is 0.526. The highest BCUT2D eigenvalue weighted by molar-refractivity contribution is 6.01. The Hall–Kier alpha value is -1.37. The molecule has 4 rings (SSSR count). The highest BCUT2D eigenvalue weighted by atomic mass is 16.4. The topological polar surface area (TPSA) is 11.3 Å². The summed E-state index contributed by atoms with van der Waals surface area (Å²) in [7, 11) is 0. The third-order valence-electron chi connectivity index (χ3n) is 5.16. The van der Waals surface area contributed by atoms with E-state index in [1.54, 1.807) is 11.1 Å². The van der Waals surface area contributed by atoms with Crippen LogP contribution in [0.5, 0.6) is 0 Å². The highest BCUT2D eigenvalue weighted by Crippen LogP contribution is 2.38. The average Bonchev–Trinajstić information content (AvgIpc) is 2.53. The van der Waals surface area contributed by atoms with Gasteiger partial charge in [0.1, 0.15) is 0 Å². The van der Waals surface area contributed by atoms with Gasteiger partial charge >= 0.3 is 5.78 Å². The van der Waals surface area contributed by atoms with Crippen LogP contribution in [0, 0.1) is 0 Å². The first-order valence-electron chi connectivity index (χ1n) is 8.20. The monoisotopic (exact) mass is 267 g/mol. The van der Waals surface area contributed by atoms with E-state index in [-0.39, 0.29) is 0 Å². The van der Waals surface area contributed by atoms with Crippen molar-refractivity contribution < 1.29 is 4.42 Å². The number of hydrogen-bond acceptors (Lipinski definition) is 0. The maximum Gasteiger partial charge on any atom is 0.331 e. The van der Waals surface area contributed by atoms with Gasteiger partial charge in [-0.15, -0.1) is 0 Å². The predicted molar refractivity (Wildman–Crippen MR) is 82.7 cm³/mol. The second-order valence-electron chi connectivity index (χ2n) is 6.49. The van der Waals surface area contributed by atoms with Crippen molar-refractivity contribution >= 4 is 5.78 Å². The molecule has 1 unspecified atom stereocenters. The van der Waals surface area contributed by atoms with Crippen molar-refractivity contribution in [2.75, 3.05) is 0 Å². The number of rotatable bonds is 0. The minimum Gasteiger partial charge on any atom is -0.250 e. The standard InChI is InChI=1S/C19H23O/c1-2-6-14(7-3-1)15-10-11-19-17(12-15)13-16-8-4-5-9-18(16)20-19/h4-5,8,13,19H,1-3,6-7,9-12H2/q+1. The maximum atomic E-state index is 6.24. The van der Waals surface area contributed by atoms with Crippen molar-refractivity contribution in [3.8, 4) is 0 Å². The lowest BCUT2D eigenvalue weighted by atomic mass is 9.79. The molecule has 2 fully saturated rings. The number of allylic oxidation sites excluding steroid dienone is 7. The zero-order chi connectivity index (χ0) is 13.4. The summed E-state index contributed by atoms with van der Waals surface area (Å²) in [5.74, 6) is 1.19. The number of hydrogen-bond donors (Lipinski definition) is 0. The predicted octanol–water partition coefficient (Wildman–Crippen LogP) is 4.73. The van der Waals surface area contributed by atoms with Crippen LogP contribution in [0.2, 0.25) is 0 Å². The Balaban J connectivity index is 1.61. The van der Waals surface area contributed by atoms with Crippen molar-refractivity contribution in [2.45, 2.75) is 63.9 Å². The average molecular weight is 267 g/mol. The summed E-state index contributed by atoms with van der Waals surface area (Å²) in [5.41, 5.74) is 6.36. The van der Waals surface area contributed by atoms with Gasteiger partial charge in [-0.25, -0.2) is 0 Å². The van der Waals surface area contributed by atoms with Gasteiger partial charge in [0.25, 0.3) is 6.10 Å². The van der Waals surface area contributed by atoms with Gasteiger partial charge < -0.3 is 0 Å². The number of fused-ring (bicyclic) bond motifs is 2. The molecule has 0 spiro atoms. The van der Waals surface area contributed by atoms with Gasteiger partial charge in [-0.05, 0) is 50.7 Å². The van der Waals surface area contributed by atoms with Crippen LogP contribution in [0.4, 0.5) is 0 Å². The third-order valence-corrected chi connectivity index (χ3v) is 5.16. The fourth-order valence-electron chi connectivity index (χ4n) is 4.03. The van der Waals surface area contributed by atoms with Gasteiger partial charge in [-0.1, -0.05) is 29.7 Å². The first-order chi connectivity index (χ1) is 9.90. The lowest BCUT2D eigenvalue weighted by Gasteiger charge is -2.26. The number of carbonyl (C=O) groups excluding carboxylic acids is 1. The van der Waals surface area contributed by atoms with Gasteiger partial charge in [-0.2, -0.15) is 0 Å². The van der Waals surface area contributed by atoms with Crippen LogP contribution < -0.4 is 0 Å². The minimum absolute atomic E-state index is 0.363. The van der Waals surface area contributed by atoms with Crippen molar-refractivity contribution in [2.24, 2.45) is 0 Å². The Morgan fingerprint density at radius 3 is 2.80 bits per heavy atom. The van der Waals surface area contributed by atoms with Crippen LogP contribution in [0.3, 0.4) is 0 Å². The summed E-state index contributed by atoms with van der Waals surface area (Å²) < 4.78 is 6.24. The lowest BCUT2D eigenvalue weighted by molar-refractivity contribution is -0.496. The summed E-state index contributed by atoms with van der Waals surface area (Å²) in [6.07, 6.45) is 20.9. The zero-order valence-electron chi connectivity index (χ0n) is 12.2. The molecule has 1 heterocycles. The van der Waals surface area contributed by atoms with Crippen molar-refractivity contribution in [3.63, 3.8) is 0 Å². The minimum atomic E-state index is 0.363. The Labute approximate surface area is 121 Å². The summed E-state index contributed by atoms with van der Waals surface area (Å²) in [6, 6.07) is 0. The largest absolute Gasteiger partial charge is 0.331 e. The molecule has 1 nitrogen and oxygen atoms in total. The quantitative estimate of drug-likeness (QED) is 0.444. The molecule has 0 amide bonds. The fourth-order valence-corrected chi connectivity index (χ4v) is 4.03. The summed E-state index contributed by atoms with van der Waals surface area (Å²) >= 11 is 0. The SMILES string of the molecule is C1=CCC2=[O+]C3CCC(=C4CCCCC4)CC3=CC2=C1. The van der Waals surface area contributed by atoms with Crippen LogP contribution in [0.1, 0.15) is 57.8 Å². The van der Waals surface area contributed by atoms with Gasteiger partial charge in [0.05, 0.1) is 12.0 Å². The van der Waals surface area contributed by atoms with Gasteiger partial charge in [0.2, 0.25) is 0 Å². The van der Waals surface area contributed by atoms with E-state index in [1.165, 1.54) is 68.3 Å². The van der Waals surface area contributed by atoms with Crippen LogP contribution in [0.15, 0.2) is 46.6 Å². The Kier molecular flexibility index (Phi) is 3.22. The van der Waals surface area contributed by atoms with Crippen molar-refractivity contribution in [3.05, 3.63) is 46.6 Å². The van der Waals surface area contributed by atoms with E-state index in [0.29, 0.717) is 6.10 Å². The molecule has 104 valence electrons. The maximum absolute atomic E-state index is 6.24. The molecule has 0 N–H and O–H groups in total. The molecule has 4 aliphatic rings. The molecule has 1 aliphatic heterocycles. The van der Waals surface area contributed by atoms with Crippen LogP contribution in [-0.4, -0.2) is 11.9 Å². The van der Waals surface area contributed by atoms with E-state index in [0.717, 1.165) is 6.42 Å². The second-order valence-corrected chi connectivity index (χ2v) is 6.49. The lowest BCUT2D eigenvalue weighted by Crippen LogP contribution is -2.27. The Morgan fingerprint density at radius 1 is 1.00 bits per heavy atom. The molecule has 0 saturated heterocycles. The molecule has 0 aromatic carbocycles. The summed E-state index contributed by atoms with van der Waals surface area (Å²) in [5, 5.41) is 0. The first-order valence-corrected chi connectivity index (χ1v) is 8.20. The van der Waals surface area contributed by atoms with Crippen LogP contribution in [-0.2, 0) is 4.42 Å². The summed E-state index contributed by atoms with van der Waals surface area (Å²) in [4.78, 5) is 0. The van der Waals surface area contributed by atoms with E-state index < -0.39 is 0 Å². The first kappa shape index (κ1) is 12.4. The van der Waals surface area contributed by atoms with E-state index >= 15 is 0 Å². The Bertz CT molecular complexity index is 561. The smallest absolute Gasteiger partial charge is 0.250 e. The molecule has 0 bridgehead atoms. The molecule has 20 heavy (non-hydrogen) atoms. The van der Waals surface area contributed by atoms with Crippen LogP contribution in [0.25, 0.3) is 0 Å². The van der Waals surface area contributed by atoms with Gasteiger partial charge in [0, 0.05) is 12.0 Å². The Morgan fingerprint density at radius 2 is 1.90 bits per heavy atom. The van der Waals surface area contributed by atoms with Crippen LogP contribution >= 0.6 is 0 Å². The second kappa shape index (κ2) is 5.20.